The van der Waals surface area contributed by atoms with Gasteiger partial charge in [-0.2, -0.15) is 0 Å². The number of anilines is 1. The molecule has 112 valence electrons. The van der Waals surface area contributed by atoms with Crippen LogP contribution in [-0.4, -0.2) is 19.9 Å². The lowest BCUT2D eigenvalue weighted by Crippen LogP contribution is -2.27. The summed E-state index contributed by atoms with van der Waals surface area (Å²) < 4.78 is 26.9. The van der Waals surface area contributed by atoms with Crippen molar-refractivity contribution in [1.82, 2.24) is 9.71 Å². The SMILES string of the molecule is CC(CNS(=O)(=O)c1cnc(N)c(Cl)c1)c1ccccc1. The van der Waals surface area contributed by atoms with Gasteiger partial charge >= 0.3 is 0 Å². The van der Waals surface area contributed by atoms with E-state index in [1.54, 1.807) is 0 Å². The summed E-state index contributed by atoms with van der Waals surface area (Å²) >= 11 is 5.80. The van der Waals surface area contributed by atoms with Crippen LogP contribution < -0.4 is 10.5 Å². The van der Waals surface area contributed by atoms with Crippen LogP contribution >= 0.6 is 11.6 Å². The van der Waals surface area contributed by atoms with Crippen LogP contribution in [0.4, 0.5) is 5.82 Å². The summed E-state index contributed by atoms with van der Waals surface area (Å²) in [7, 11) is -3.66. The van der Waals surface area contributed by atoms with Crippen LogP contribution in [0.1, 0.15) is 18.4 Å². The third-order valence-electron chi connectivity index (χ3n) is 3.10. The predicted octanol–water partition coefficient (Wildman–Crippen LogP) is 2.40. The number of nitrogen functional groups attached to an aromatic ring is 1. The number of aromatic nitrogens is 1. The van der Waals surface area contributed by atoms with Crippen LogP contribution in [0, 0.1) is 0 Å². The number of hydrogen-bond acceptors (Lipinski definition) is 4. The van der Waals surface area contributed by atoms with Gasteiger partial charge < -0.3 is 5.73 Å². The van der Waals surface area contributed by atoms with Crippen molar-refractivity contribution in [2.45, 2.75) is 17.7 Å². The Bertz CT molecular complexity index is 720. The molecule has 0 saturated heterocycles. The fraction of sp³-hybridized carbons (Fsp3) is 0.214. The van der Waals surface area contributed by atoms with Crippen molar-refractivity contribution in [1.29, 1.82) is 0 Å². The molecule has 2 rings (SSSR count). The third-order valence-corrected chi connectivity index (χ3v) is 4.80. The Labute approximate surface area is 129 Å². The molecule has 1 heterocycles. The molecule has 1 aromatic carbocycles. The van der Waals surface area contributed by atoms with Crippen molar-refractivity contribution in [3.8, 4) is 0 Å². The first-order valence-corrected chi connectivity index (χ1v) is 8.22. The van der Waals surface area contributed by atoms with E-state index in [0.29, 0.717) is 0 Å². The maximum Gasteiger partial charge on any atom is 0.242 e. The van der Waals surface area contributed by atoms with Gasteiger partial charge in [-0.15, -0.1) is 0 Å². The highest BCUT2D eigenvalue weighted by Crippen LogP contribution is 2.20. The summed E-state index contributed by atoms with van der Waals surface area (Å²) in [6, 6.07) is 11.0. The van der Waals surface area contributed by atoms with E-state index >= 15 is 0 Å². The highest BCUT2D eigenvalue weighted by Gasteiger charge is 2.17. The van der Waals surface area contributed by atoms with Gasteiger partial charge in [-0.05, 0) is 17.5 Å². The molecular weight excluding hydrogens is 310 g/mol. The lowest BCUT2D eigenvalue weighted by molar-refractivity contribution is 0.574. The summed E-state index contributed by atoms with van der Waals surface area (Å²) in [5.74, 6) is 0.159. The minimum absolute atomic E-state index is 0.00182. The van der Waals surface area contributed by atoms with Crippen LogP contribution in [0.25, 0.3) is 0 Å². The Morgan fingerprint density at radius 1 is 1.33 bits per heavy atom. The first-order chi connectivity index (χ1) is 9.90. The lowest BCUT2D eigenvalue weighted by Gasteiger charge is -2.13. The van der Waals surface area contributed by atoms with E-state index < -0.39 is 10.0 Å². The fourth-order valence-corrected chi connectivity index (χ4v) is 3.13. The zero-order valence-corrected chi connectivity index (χ0v) is 13.0. The molecule has 1 aromatic heterocycles. The normalized spacial score (nSPS) is 13.0. The molecule has 5 nitrogen and oxygen atoms in total. The Balaban J connectivity index is 2.09. The number of halogens is 1. The molecule has 21 heavy (non-hydrogen) atoms. The third kappa shape index (κ3) is 3.93. The molecular formula is C14H16ClN3O2S. The highest BCUT2D eigenvalue weighted by atomic mass is 35.5. The predicted molar refractivity (Wildman–Crippen MR) is 83.7 cm³/mol. The van der Waals surface area contributed by atoms with E-state index in [1.807, 2.05) is 37.3 Å². The van der Waals surface area contributed by atoms with E-state index in [1.165, 1.54) is 12.3 Å². The molecule has 3 N–H and O–H groups in total. The quantitative estimate of drug-likeness (QED) is 0.884. The maximum atomic E-state index is 12.2. The molecule has 0 fully saturated rings. The van der Waals surface area contributed by atoms with E-state index in [4.69, 9.17) is 17.3 Å². The van der Waals surface area contributed by atoms with Crippen LogP contribution in [0.15, 0.2) is 47.5 Å². The Kier molecular flexibility index (Phi) is 4.82. The standard InChI is InChI=1S/C14H16ClN3O2S/c1-10(11-5-3-2-4-6-11)8-18-21(19,20)12-7-13(15)14(16)17-9-12/h2-7,9-10,18H,8H2,1H3,(H2,16,17). The molecule has 2 aromatic rings. The maximum absolute atomic E-state index is 12.2. The van der Waals surface area contributed by atoms with Crippen molar-refractivity contribution in [2.24, 2.45) is 0 Å². The zero-order chi connectivity index (χ0) is 15.5. The smallest absolute Gasteiger partial charge is 0.242 e. The number of nitrogens with zero attached hydrogens (tertiary/aromatic N) is 1. The van der Waals surface area contributed by atoms with Gasteiger partial charge in [0.15, 0.2) is 0 Å². The van der Waals surface area contributed by atoms with Crippen molar-refractivity contribution in [3.63, 3.8) is 0 Å². The zero-order valence-electron chi connectivity index (χ0n) is 11.5. The summed E-state index contributed by atoms with van der Waals surface area (Å²) in [5, 5.41) is 0.119. The molecule has 0 amide bonds. The Hall–Kier alpha value is -1.63. The molecule has 7 heteroatoms. The van der Waals surface area contributed by atoms with E-state index in [9.17, 15) is 8.42 Å². The summed E-state index contributed by atoms with van der Waals surface area (Å²) in [5.41, 5.74) is 6.54. The van der Waals surface area contributed by atoms with Crippen molar-refractivity contribution >= 4 is 27.4 Å². The van der Waals surface area contributed by atoms with Gasteiger partial charge in [0.25, 0.3) is 0 Å². The van der Waals surface area contributed by atoms with Crippen LogP contribution in [0.5, 0.6) is 0 Å². The molecule has 0 spiro atoms. The number of sulfonamides is 1. The van der Waals surface area contributed by atoms with Gasteiger partial charge in [-0.3, -0.25) is 0 Å². The Morgan fingerprint density at radius 3 is 2.62 bits per heavy atom. The molecule has 0 aliphatic carbocycles. The molecule has 1 atom stereocenters. The fourth-order valence-electron chi connectivity index (χ4n) is 1.80. The van der Waals surface area contributed by atoms with Crippen LogP contribution in [0.3, 0.4) is 0 Å². The second-order valence-corrected chi connectivity index (χ2v) is 6.88. The topological polar surface area (TPSA) is 85.1 Å². The van der Waals surface area contributed by atoms with Crippen LogP contribution in [0.2, 0.25) is 5.02 Å². The second kappa shape index (κ2) is 6.43. The monoisotopic (exact) mass is 325 g/mol. The van der Waals surface area contributed by atoms with Gasteiger partial charge in [-0.25, -0.2) is 18.1 Å². The lowest BCUT2D eigenvalue weighted by atomic mass is 10.0. The van der Waals surface area contributed by atoms with Gasteiger partial charge in [0.05, 0.1) is 5.02 Å². The molecule has 0 aliphatic rings. The summed E-state index contributed by atoms with van der Waals surface area (Å²) in [6.45, 7) is 2.24. The molecule has 0 radical (unpaired) electrons. The largest absolute Gasteiger partial charge is 0.382 e. The minimum Gasteiger partial charge on any atom is -0.382 e. The van der Waals surface area contributed by atoms with Crippen molar-refractivity contribution in [3.05, 3.63) is 53.2 Å². The highest BCUT2D eigenvalue weighted by molar-refractivity contribution is 7.89. The number of nitrogens with one attached hydrogen (secondary N) is 1. The first-order valence-electron chi connectivity index (χ1n) is 6.36. The minimum atomic E-state index is -3.66. The molecule has 0 bridgehead atoms. The molecule has 1 unspecified atom stereocenters. The number of benzene rings is 1. The number of pyridine rings is 1. The number of hydrogen-bond donors (Lipinski definition) is 2. The van der Waals surface area contributed by atoms with Crippen molar-refractivity contribution in [2.75, 3.05) is 12.3 Å². The van der Waals surface area contributed by atoms with Gasteiger partial charge in [0, 0.05) is 12.7 Å². The number of nitrogens with two attached hydrogens (primary N) is 1. The van der Waals surface area contributed by atoms with E-state index in [2.05, 4.69) is 9.71 Å². The van der Waals surface area contributed by atoms with Crippen LogP contribution in [-0.2, 0) is 10.0 Å². The first kappa shape index (κ1) is 15.8. The molecule has 0 saturated carbocycles. The average Bonchev–Trinajstić information content (AvgIpc) is 2.48. The number of rotatable bonds is 5. The van der Waals surface area contributed by atoms with E-state index in [0.717, 1.165) is 5.56 Å². The second-order valence-electron chi connectivity index (χ2n) is 4.70. The molecule has 0 aliphatic heterocycles. The van der Waals surface area contributed by atoms with Gasteiger partial charge in [0.1, 0.15) is 10.7 Å². The van der Waals surface area contributed by atoms with Gasteiger partial charge in [0.2, 0.25) is 10.0 Å². The Morgan fingerprint density at radius 2 is 2.00 bits per heavy atom. The van der Waals surface area contributed by atoms with Gasteiger partial charge in [-0.1, -0.05) is 48.9 Å². The van der Waals surface area contributed by atoms with Crippen molar-refractivity contribution < 1.29 is 8.42 Å². The summed E-state index contributed by atoms with van der Waals surface area (Å²) in [4.78, 5) is 3.76. The average molecular weight is 326 g/mol. The summed E-state index contributed by atoms with van der Waals surface area (Å²) in [6.07, 6.45) is 1.19. The van der Waals surface area contributed by atoms with E-state index in [-0.39, 0.29) is 28.2 Å².